The minimum atomic E-state index is 0.251. The molecule has 116 valence electrons. The van der Waals surface area contributed by atoms with Crippen molar-refractivity contribution in [3.8, 4) is 0 Å². The third-order valence-corrected chi connectivity index (χ3v) is 5.62. The molecule has 1 saturated heterocycles. The number of aliphatic hydroxyl groups is 1. The molecule has 0 aromatic heterocycles. The van der Waals surface area contributed by atoms with Crippen LogP contribution in [0.2, 0.25) is 0 Å². The highest BCUT2D eigenvalue weighted by atomic mass is 32.2. The number of thioether (sulfide) groups is 1. The summed E-state index contributed by atoms with van der Waals surface area (Å²) in [5.41, 5.74) is 3.98. The molecule has 0 aliphatic carbocycles. The first-order valence-electron chi connectivity index (χ1n) is 7.93. The predicted molar refractivity (Wildman–Crippen MR) is 94.6 cm³/mol. The first kappa shape index (κ1) is 15.4. The highest BCUT2D eigenvalue weighted by Gasteiger charge is 2.25. The number of anilines is 1. The van der Waals surface area contributed by atoms with Gasteiger partial charge in [0.15, 0.2) is 0 Å². The molecule has 0 bridgehead atoms. The van der Waals surface area contributed by atoms with Gasteiger partial charge in [-0.05, 0) is 43.0 Å². The minimum absolute atomic E-state index is 0.251. The van der Waals surface area contributed by atoms with Crippen molar-refractivity contribution in [2.24, 2.45) is 0 Å². The SMILES string of the molecule is Cc1c(SCc2ccccc2)cccc1N1CCCC1CO. The highest BCUT2D eigenvalue weighted by molar-refractivity contribution is 7.98. The Morgan fingerprint density at radius 1 is 1.14 bits per heavy atom. The average Bonchev–Trinajstić information content (AvgIpc) is 3.03. The lowest BCUT2D eigenvalue weighted by Crippen LogP contribution is -2.32. The van der Waals surface area contributed by atoms with E-state index >= 15 is 0 Å². The molecule has 2 aromatic rings. The summed E-state index contributed by atoms with van der Waals surface area (Å²) >= 11 is 1.89. The number of benzene rings is 2. The molecule has 2 nitrogen and oxygen atoms in total. The molecular formula is C19H23NOS. The van der Waals surface area contributed by atoms with Crippen LogP contribution in [0.5, 0.6) is 0 Å². The topological polar surface area (TPSA) is 23.5 Å². The van der Waals surface area contributed by atoms with Crippen molar-refractivity contribution in [1.82, 2.24) is 0 Å². The van der Waals surface area contributed by atoms with Gasteiger partial charge < -0.3 is 10.0 Å². The Hall–Kier alpha value is -1.45. The number of nitrogens with zero attached hydrogens (tertiary/aromatic N) is 1. The van der Waals surface area contributed by atoms with Crippen LogP contribution in [-0.4, -0.2) is 24.3 Å². The molecule has 0 radical (unpaired) electrons. The van der Waals surface area contributed by atoms with Gasteiger partial charge in [-0.1, -0.05) is 36.4 Å². The minimum Gasteiger partial charge on any atom is -0.394 e. The van der Waals surface area contributed by atoms with Crippen LogP contribution in [0.3, 0.4) is 0 Å². The zero-order valence-corrected chi connectivity index (χ0v) is 13.9. The molecule has 0 amide bonds. The van der Waals surface area contributed by atoms with Crippen molar-refractivity contribution in [3.05, 3.63) is 59.7 Å². The van der Waals surface area contributed by atoms with E-state index in [-0.39, 0.29) is 12.6 Å². The van der Waals surface area contributed by atoms with Gasteiger partial charge in [-0.15, -0.1) is 11.8 Å². The van der Waals surface area contributed by atoms with Crippen molar-refractivity contribution in [2.45, 2.75) is 36.5 Å². The monoisotopic (exact) mass is 313 g/mol. The smallest absolute Gasteiger partial charge is 0.0635 e. The van der Waals surface area contributed by atoms with Crippen LogP contribution in [0.25, 0.3) is 0 Å². The van der Waals surface area contributed by atoms with Crippen LogP contribution < -0.4 is 4.90 Å². The first-order chi connectivity index (χ1) is 10.8. The Morgan fingerprint density at radius 3 is 2.73 bits per heavy atom. The van der Waals surface area contributed by atoms with Gasteiger partial charge in [0.25, 0.3) is 0 Å². The van der Waals surface area contributed by atoms with Crippen molar-refractivity contribution in [2.75, 3.05) is 18.1 Å². The number of hydrogen-bond donors (Lipinski definition) is 1. The Kier molecular flexibility index (Phi) is 5.06. The van der Waals surface area contributed by atoms with Gasteiger partial charge in [-0.2, -0.15) is 0 Å². The third-order valence-electron chi connectivity index (χ3n) is 4.39. The average molecular weight is 313 g/mol. The molecule has 0 saturated carbocycles. The zero-order chi connectivity index (χ0) is 15.4. The Labute approximate surface area is 137 Å². The summed E-state index contributed by atoms with van der Waals surface area (Å²) in [6.45, 7) is 3.51. The van der Waals surface area contributed by atoms with Gasteiger partial charge in [0.2, 0.25) is 0 Å². The maximum absolute atomic E-state index is 9.56. The molecule has 1 aliphatic heterocycles. The van der Waals surface area contributed by atoms with E-state index in [1.165, 1.54) is 28.1 Å². The van der Waals surface area contributed by atoms with Crippen LogP contribution >= 0.6 is 11.8 Å². The molecule has 1 unspecified atom stereocenters. The Morgan fingerprint density at radius 2 is 1.95 bits per heavy atom. The number of rotatable bonds is 5. The lowest BCUT2D eigenvalue weighted by molar-refractivity contribution is 0.266. The lowest BCUT2D eigenvalue weighted by Gasteiger charge is -2.27. The van der Waals surface area contributed by atoms with Crippen molar-refractivity contribution >= 4 is 17.4 Å². The Bertz CT molecular complexity index is 614. The molecule has 1 fully saturated rings. The fourth-order valence-electron chi connectivity index (χ4n) is 3.15. The van der Waals surface area contributed by atoms with Gasteiger partial charge in [0.05, 0.1) is 12.6 Å². The normalized spacial score (nSPS) is 17.9. The summed E-state index contributed by atoms with van der Waals surface area (Å²) in [6, 6.07) is 17.4. The standard InChI is InChI=1S/C19H23NOS/c1-15-18(20-12-6-9-17(20)13-21)10-5-11-19(15)22-14-16-7-3-2-4-8-16/h2-5,7-8,10-11,17,21H,6,9,12-14H2,1H3. The molecular weight excluding hydrogens is 290 g/mol. The third kappa shape index (κ3) is 3.31. The summed E-state index contributed by atoms with van der Waals surface area (Å²) in [5, 5.41) is 9.56. The molecule has 22 heavy (non-hydrogen) atoms. The second-order valence-corrected chi connectivity index (χ2v) is 6.86. The number of aliphatic hydroxyl groups excluding tert-OH is 1. The maximum Gasteiger partial charge on any atom is 0.0635 e. The second kappa shape index (κ2) is 7.21. The lowest BCUT2D eigenvalue weighted by atomic mass is 10.1. The quantitative estimate of drug-likeness (QED) is 0.835. The van der Waals surface area contributed by atoms with Crippen molar-refractivity contribution in [3.63, 3.8) is 0 Å². The van der Waals surface area contributed by atoms with E-state index in [1.807, 2.05) is 11.8 Å². The summed E-state index contributed by atoms with van der Waals surface area (Å²) in [5.74, 6) is 0.995. The van der Waals surface area contributed by atoms with Gasteiger partial charge in [-0.25, -0.2) is 0 Å². The largest absolute Gasteiger partial charge is 0.394 e. The highest BCUT2D eigenvalue weighted by Crippen LogP contribution is 2.35. The van der Waals surface area contributed by atoms with E-state index in [1.54, 1.807) is 0 Å². The fourth-order valence-corrected chi connectivity index (χ4v) is 4.16. The zero-order valence-electron chi connectivity index (χ0n) is 13.0. The van der Waals surface area contributed by atoms with Crippen LogP contribution in [0.15, 0.2) is 53.4 Å². The van der Waals surface area contributed by atoms with Gasteiger partial charge >= 0.3 is 0 Å². The molecule has 1 atom stereocenters. The van der Waals surface area contributed by atoms with E-state index < -0.39 is 0 Å². The van der Waals surface area contributed by atoms with E-state index in [0.717, 1.165) is 18.7 Å². The van der Waals surface area contributed by atoms with E-state index in [2.05, 4.69) is 60.4 Å². The molecule has 1 heterocycles. The predicted octanol–water partition coefficient (Wildman–Crippen LogP) is 4.25. The van der Waals surface area contributed by atoms with E-state index in [0.29, 0.717) is 0 Å². The molecule has 2 aromatic carbocycles. The molecule has 3 rings (SSSR count). The van der Waals surface area contributed by atoms with E-state index in [4.69, 9.17) is 0 Å². The van der Waals surface area contributed by atoms with Gasteiger partial charge in [0.1, 0.15) is 0 Å². The Balaban J connectivity index is 1.77. The second-order valence-electron chi connectivity index (χ2n) is 5.85. The maximum atomic E-state index is 9.56. The van der Waals surface area contributed by atoms with Crippen LogP contribution in [0, 0.1) is 6.92 Å². The van der Waals surface area contributed by atoms with Crippen molar-refractivity contribution in [1.29, 1.82) is 0 Å². The van der Waals surface area contributed by atoms with Crippen molar-refractivity contribution < 1.29 is 5.11 Å². The molecule has 1 aliphatic rings. The first-order valence-corrected chi connectivity index (χ1v) is 8.92. The summed E-state index contributed by atoms with van der Waals surface area (Å²) < 4.78 is 0. The molecule has 1 N–H and O–H groups in total. The van der Waals surface area contributed by atoms with E-state index in [9.17, 15) is 5.11 Å². The van der Waals surface area contributed by atoms with Crippen LogP contribution in [0.1, 0.15) is 24.0 Å². The van der Waals surface area contributed by atoms with Crippen LogP contribution in [-0.2, 0) is 5.75 Å². The van der Waals surface area contributed by atoms with Gasteiger partial charge in [-0.3, -0.25) is 0 Å². The fraction of sp³-hybridized carbons (Fsp3) is 0.368. The van der Waals surface area contributed by atoms with Gasteiger partial charge in [0, 0.05) is 22.9 Å². The summed E-state index contributed by atoms with van der Waals surface area (Å²) in [4.78, 5) is 3.71. The summed E-state index contributed by atoms with van der Waals surface area (Å²) in [7, 11) is 0. The summed E-state index contributed by atoms with van der Waals surface area (Å²) in [6.07, 6.45) is 2.27. The van der Waals surface area contributed by atoms with Crippen LogP contribution in [0.4, 0.5) is 5.69 Å². The molecule has 0 spiro atoms. The number of hydrogen-bond acceptors (Lipinski definition) is 3. The molecule has 3 heteroatoms.